The second-order valence-corrected chi connectivity index (χ2v) is 6.18. The summed E-state index contributed by atoms with van der Waals surface area (Å²) in [6.07, 6.45) is 4.49. The first-order valence-electron chi connectivity index (χ1n) is 9.03. The van der Waals surface area contributed by atoms with Crippen molar-refractivity contribution in [1.29, 1.82) is 0 Å². The van der Waals surface area contributed by atoms with Gasteiger partial charge in [0.2, 0.25) is 0 Å². The molecular formula is C21H24N2O3. The average Bonchev–Trinajstić information content (AvgIpc) is 2.67. The third-order valence-corrected chi connectivity index (χ3v) is 4.31. The molecule has 3 rings (SSSR count). The molecule has 0 aliphatic carbocycles. The number of hydrogen-bond donors (Lipinski definition) is 1. The standard InChI is InChI=1S/C21H24N2O3/c1-3-4-5-8-14-26-19-16(11-9-13-18(19)25-2)20-22-17-12-7-6-10-15(17)21(24)23-20/h6-7,9-13H,3-5,8,14H2,1-2H3,(H,22,23,24). The number of unbranched alkanes of at least 4 members (excludes halogenated alkanes) is 3. The first kappa shape index (κ1) is 18.0. The van der Waals surface area contributed by atoms with Gasteiger partial charge in [-0.15, -0.1) is 0 Å². The van der Waals surface area contributed by atoms with Crippen LogP contribution in [0.25, 0.3) is 22.3 Å². The van der Waals surface area contributed by atoms with E-state index in [9.17, 15) is 4.79 Å². The molecule has 0 aliphatic rings. The second-order valence-electron chi connectivity index (χ2n) is 6.18. The number of rotatable bonds is 8. The van der Waals surface area contributed by atoms with Gasteiger partial charge in [0.05, 0.1) is 30.2 Å². The minimum atomic E-state index is -0.165. The average molecular weight is 352 g/mol. The maximum Gasteiger partial charge on any atom is 0.259 e. The summed E-state index contributed by atoms with van der Waals surface area (Å²) in [4.78, 5) is 19.9. The summed E-state index contributed by atoms with van der Waals surface area (Å²) in [5, 5.41) is 0.571. The van der Waals surface area contributed by atoms with Gasteiger partial charge in [0.15, 0.2) is 11.5 Å². The van der Waals surface area contributed by atoms with Crippen molar-refractivity contribution in [3.63, 3.8) is 0 Å². The maximum absolute atomic E-state index is 12.4. The van der Waals surface area contributed by atoms with Gasteiger partial charge in [-0.3, -0.25) is 4.79 Å². The lowest BCUT2D eigenvalue weighted by Gasteiger charge is -2.15. The van der Waals surface area contributed by atoms with Gasteiger partial charge in [-0.25, -0.2) is 4.98 Å². The van der Waals surface area contributed by atoms with E-state index in [1.807, 2.05) is 36.4 Å². The number of methoxy groups -OCH3 is 1. The summed E-state index contributed by atoms with van der Waals surface area (Å²) in [7, 11) is 1.61. The molecule has 0 unspecified atom stereocenters. The number of nitrogens with one attached hydrogen (secondary N) is 1. The van der Waals surface area contributed by atoms with Crippen LogP contribution in [0, 0.1) is 0 Å². The molecular weight excluding hydrogens is 328 g/mol. The van der Waals surface area contributed by atoms with E-state index < -0.39 is 0 Å². The number of nitrogens with zero attached hydrogens (tertiary/aromatic N) is 1. The van der Waals surface area contributed by atoms with Crippen molar-refractivity contribution < 1.29 is 9.47 Å². The van der Waals surface area contributed by atoms with Crippen molar-refractivity contribution in [2.45, 2.75) is 32.6 Å². The van der Waals surface area contributed by atoms with Crippen molar-refractivity contribution in [1.82, 2.24) is 9.97 Å². The first-order valence-corrected chi connectivity index (χ1v) is 9.03. The van der Waals surface area contributed by atoms with Crippen LogP contribution in [0.4, 0.5) is 0 Å². The van der Waals surface area contributed by atoms with Gasteiger partial charge in [-0.05, 0) is 30.7 Å². The topological polar surface area (TPSA) is 64.2 Å². The number of benzene rings is 2. The molecule has 0 saturated heterocycles. The van der Waals surface area contributed by atoms with Crippen LogP contribution in [0.2, 0.25) is 0 Å². The van der Waals surface area contributed by atoms with Crippen LogP contribution in [0.5, 0.6) is 11.5 Å². The largest absolute Gasteiger partial charge is 0.493 e. The molecule has 0 aliphatic heterocycles. The molecule has 0 spiro atoms. The van der Waals surface area contributed by atoms with Crippen LogP contribution in [0.1, 0.15) is 32.6 Å². The van der Waals surface area contributed by atoms with Crippen molar-refractivity contribution in [2.24, 2.45) is 0 Å². The molecule has 0 saturated carbocycles. The van der Waals surface area contributed by atoms with E-state index in [4.69, 9.17) is 9.47 Å². The minimum Gasteiger partial charge on any atom is -0.493 e. The van der Waals surface area contributed by atoms with Crippen LogP contribution in [0.3, 0.4) is 0 Å². The fraction of sp³-hybridized carbons (Fsp3) is 0.333. The van der Waals surface area contributed by atoms with E-state index in [1.165, 1.54) is 12.8 Å². The maximum atomic E-state index is 12.4. The van der Waals surface area contributed by atoms with E-state index in [1.54, 1.807) is 13.2 Å². The highest BCUT2D eigenvalue weighted by molar-refractivity contribution is 5.80. The Morgan fingerprint density at radius 1 is 1.04 bits per heavy atom. The van der Waals surface area contributed by atoms with Gasteiger partial charge in [-0.2, -0.15) is 0 Å². The van der Waals surface area contributed by atoms with Crippen LogP contribution >= 0.6 is 0 Å². The van der Waals surface area contributed by atoms with E-state index in [0.29, 0.717) is 34.8 Å². The monoisotopic (exact) mass is 352 g/mol. The summed E-state index contributed by atoms with van der Waals surface area (Å²) in [5.74, 6) is 1.73. The molecule has 5 heteroatoms. The summed E-state index contributed by atoms with van der Waals surface area (Å²) >= 11 is 0. The van der Waals surface area contributed by atoms with Gasteiger partial charge in [0.25, 0.3) is 5.56 Å². The van der Waals surface area contributed by atoms with Crippen molar-refractivity contribution in [3.8, 4) is 22.9 Å². The van der Waals surface area contributed by atoms with Crippen LogP contribution in [-0.4, -0.2) is 23.7 Å². The number of H-pyrrole nitrogens is 1. The zero-order valence-electron chi connectivity index (χ0n) is 15.2. The molecule has 0 amide bonds. The fourth-order valence-corrected chi connectivity index (χ4v) is 2.93. The predicted octanol–water partition coefficient (Wildman–Crippen LogP) is 4.56. The highest BCUT2D eigenvalue weighted by atomic mass is 16.5. The van der Waals surface area contributed by atoms with Gasteiger partial charge < -0.3 is 14.5 Å². The van der Waals surface area contributed by atoms with Gasteiger partial charge in [0.1, 0.15) is 5.82 Å². The number of aromatic amines is 1. The zero-order chi connectivity index (χ0) is 18.4. The lowest BCUT2D eigenvalue weighted by Crippen LogP contribution is -2.10. The number of para-hydroxylation sites is 2. The molecule has 1 aromatic heterocycles. The van der Waals surface area contributed by atoms with Crippen molar-refractivity contribution >= 4 is 10.9 Å². The third-order valence-electron chi connectivity index (χ3n) is 4.31. The molecule has 1 heterocycles. The lowest BCUT2D eigenvalue weighted by atomic mass is 10.1. The molecule has 136 valence electrons. The molecule has 5 nitrogen and oxygen atoms in total. The van der Waals surface area contributed by atoms with E-state index in [0.717, 1.165) is 18.4 Å². The van der Waals surface area contributed by atoms with Crippen molar-refractivity contribution in [2.75, 3.05) is 13.7 Å². The Kier molecular flexibility index (Phi) is 5.89. The predicted molar refractivity (Wildman–Crippen MR) is 104 cm³/mol. The molecule has 2 aromatic carbocycles. The van der Waals surface area contributed by atoms with Gasteiger partial charge >= 0.3 is 0 Å². The molecule has 0 atom stereocenters. The number of hydrogen-bond acceptors (Lipinski definition) is 4. The molecule has 1 N–H and O–H groups in total. The number of fused-ring (bicyclic) bond motifs is 1. The SMILES string of the molecule is CCCCCCOc1c(OC)cccc1-c1nc2ccccc2c(=O)[nH]1. The smallest absolute Gasteiger partial charge is 0.259 e. The number of ether oxygens (including phenoxy) is 2. The van der Waals surface area contributed by atoms with E-state index >= 15 is 0 Å². The van der Waals surface area contributed by atoms with Gasteiger partial charge in [0, 0.05) is 0 Å². The zero-order valence-corrected chi connectivity index (χ0v) is 15.2. The Bertz CT molecular complexity index is 934. The highest BCUT2D eigenvalue weighted by Gasteiger charge is 2.15. The fourth-order valence-electron chi connectivity index (χ4n) is 2.93. The van der Waals surface area contributed by atoms with Gasteiger partial charge in [-0.1, -0.05) is 44.4 Å². The lowest BCUT2D eigenvalue weighted by molar-refractivity contribution is 0.286. The normalized spacial score (nSPS) is 10.8. The third kappa shape index (κ3) is 3.87. The van der Waals surface area contributed by atoms with E-state index in [2.05, 4.69) is 16.9 Å². The number of aromatic nitrogens is 2. The Morgan fingerprint density at radius 2 is 1.88 bits per heavy atom. The second kappa shape index (κ2) is 8.52. The Labute approximate surface area is 153 Å². The van der Waals surface area contributed by atoms with Crippen LogP contribution in [0.15, 0.2) is 47.3 Å². The van der Waals surface area contributed by atoms with Crippen LogP contribution in [-0.2, 0) is 0 Å². The summed E-state index contributed by atoms with van der Waals surface area (Å²) in [6.45, 7) is 2.78. The molecule has 0 fully saturated rings. The molecule has 3 aromatic rings. The summed E-state index contributed by atoms with van der Waals surface area (Å²) < 4.78 is 11.5. The molecule has 26 heavy (non-hydrogen) atoms. The highest BCUT2D eigenvalue weighted by Crippen LogP contribution is 2.36. The quantitative estimate of drug-likeness (QED) is 0.604. The Morgan fingerprint density at radius 3 is 2.69 bits per heavy atom. The minimum absolute atomic E-state index is 0.165. The molecule has 0 radical (unpaired) electrons. The Hall–Kier alpha value is -2.82. The Balaban J connectivity index is 1.98. The first-order chi connectivity index (χ1) is 12.7. The van der Waals surface area contributed by atoms with E-state index in [-0.39, 0.29) is 5.56 Å². The molecule has 0 bridgehead atoms. The van der Waals surface area contributed by atoms with Crippen molar-refractivity contribution in [3.05, 3.63) is 52.8 Å². The summed E-state index contributed by atoms with van der Waals surface area (Å²) in [6, 6.07) is 12.9. The summed E-state index contributed by atoms with van der Waals surface area (Å²) in [5.41, 5.74) is 1.22. The van der Waals surface area contributed by atoms with Crippen LogP contribution < -0.4 is 15.0 Å².